The zero-order valence-corrected chi connectivity index (χ0v) is 10.4. The molecule has 0 aromatic carbocycles. The summed E-state index contributed by atoms with van der Waals surface area (Å²) in [5, 5.41) is 3.39. The normalized spacial score (nSPS) is 17.4. The second-order valence-corrected chi connectivity index (χ2v) is 6.01. The molecule has 3 heteroatoms. The highest BCUT2D eigenvalue weighted by Crippen LogP contribution is 2.29. The van der Waals surface area contributed by atoms with Crippen LogP contribution in [0.4, 0.5) is 0 Å². The van der Waals surface area contributed by atoms with Gasteiger partial charge in [-0.1, -0.05) is 20.1 Å². The smallest absolute Gasteiger partial charge is 0.0864 e. The summed E-state index contributed by atoms with van der Waals surface area (Å²) in [5.74, 6) is 2.27. The van der Waals surface area contributed by atoms with E-state index in [0.717, 1.165) is 11.4 Å². The molecule has 1 aromatic rings. The molecule has 2 nitrogen and oxygen atoms in total. The van der Waals surface area contributed by atoms with Gasteiger partial charge in [0.25, 0.3) is 0 Å². The monoisotopic (exact) mass is 230 g/mol. The molecule has 0 atom stereocenters. The van der Waals surface area contributed by atoms with Gasteiger partial charge >= 0.3 is 0 Å². The first kappa shape index (κ1) is 11.1. The van der Waals surface area contributed by atoms with Crippen molar-refractivity contribution in [1.29, 1.82) is 0 Å². The first-order chi connectivity index (χ1) is 7.75. The van der Waals surface area contributed by atoms with E-state index in [2.05, 4.69) is 41.6 Å². The van der Waals surface area contributed by atoms with Crippen LogP contribution in [0, 0.1) is 0 Å². The summed E-state index contributed by atoms with van der Waals surface area (Å²) in [4.78, 5) is 4.33. The molecule has 0 amide bonds. The molecule has 2 heterocycles. The Hall–Kier alpha value is -1.40. The number of rotatable bonds is 2. The fourth-order valence-corrected chi connectivity index (χ4v) is 2.22. The number of dihydropyridines is 1. The van der Waals surface area contributed by atoms with Crippen molar-refractivity contribution in [2.45, 2.75) is 0 Å². The molecule has 0 radical (unpaired) electrons. The lowest BCUT2D eigenvalue weighted by Gasteiger charge is -2.15. The Bertz CT molecular complexity index is 444. The summed E-state index contributed by atoms with van der Waals surface area (Å²) in [6, 6.07) is 5.94. The highest BCUT2D eigenvalue weighted by molar-refractivity contribution is 7.59. The van der Waals surface area contributed by atoms with Crippen LogP contribution in [0.3, 0.4) is 0 Å². The van der Waals surface area contributed by atoms with Crippen LogP contribution in [0.15, 0.2) is 54.1 Å². The molecule has 16 heavy (non-hydrogen) atoms. The Morgan fingerprint density at radius 1 is 1.31 bits per heavy atom. The van der Waals surface area contributed by atoms with E-state index in [9.17, 15) is 0 Å². The van der Waals surface area contributed by atoms with E-state index in [1.165, 1.54) is 5.70 Å². The van der Waals surface area contributed by atoms with E-state index in [0.29, 0.717) is 0 Å². The van der Waals surface area contributed by atoms with Crippen molar-refractivity contribution in [2.24, 2.45) is 0 Å². The van der Waals surface area contributed by atoms with Crippen molar-refractivity contribution in [1.82, 2.24) is 10.3 Å². The van der Waals surface area contributed by atoms with Crippen molar-refractivity contribution in [3.63, 3.8) is 0 Å². The number of aromatic nitrogens is 1. The van der Waals surface area contributed by atoms with Crippen LogP contribution in [0.5, 0.6) is 0 Å². The molecular formula is C13H15N2P. The van der Waals surface area contributed by atoms with Crippen LogP contribution in [-0.4, -0.2) is 18.3 Å². The molecule has 0 bridgehead atoms. The summed E-state index contributed by atoms with van der Waals surface area (Å²) in [7, 11) is -0.0347. The van der Waals surface area contributed by atoms with E-state index in [-0.39, 0.29) is 7.92 Å². The van der Waals surface area contributed by atoms with Crippen LogP contribution < -0.4 is 5.32 Å². The summed E-state index contributed by atoms with van der Waals surface area (Å²) >= 11 is 0. The van der Waals surface area contributed by atoms with E-state index in [1.807, 2.05) is 30.5 Å². The predicted octanol–water partition coefficient (Wildman–Crippen LogP) is 3.16. The number of pyridine rings is 1. The van der Waals surface area contributed by atoms with Crippen LogP contribution in [0.1, 0.15) is 5.69 Å². The topological polar surface area (TPSA) is 24.9 Å². The fourth-order valence-electron chi connectivity index (χ4n) is 1.51. The van der Waals surface area contributed by atoms with Crippen molar-refractivity contribution in [2.75, 3.05) is 13.3 Å². The van der Waals surface area contributed by atoms with Crippen LogP contribution in [-0.2, 0) is 0 Å². The third-order valence-corrected chi connectivity index (χ3v) is 2.95. The highest BCUT2D eigenvalue weighted by atomic mass is 31.1. The second kappa shape index (κ2) is 5.09. The van der Waals surface area contributed by atoms with Crippen molar-refractivity contribution in [3.05, 3.63) is 59.8 Å². The maximum absolute atomic E-state index is 4.33. The van der Waals surface area contributed by atoms with E-state index < -0.39 is 0 Å². The lowest BCUT2D eigenvalue weighted by Crippen LogP contribution is -2.13. The minimum Gasteiger partial charge on any atom is -0.354 e. The molecule has 1 aliphatic rings. The van der Waals surface area contributed by atoms with Gasteiger partial charge in [-0.2, -0.15) is 0 Å². The molecule has 0 saturated carbocycles. The van der Waals surface area contributed by atoms with Gasteiger partial charge in [0.2, 0.25) is 0 Å². The number of hydrogen-bond donors (Lipinski definition) is 1. The van der Waals surface area contributed by atoms with Crippen LogP contribution in [0.2, 0.25) is 0 Å². The molecule has 0 aliphatic carbocycles. The molecule has 1 N–H and O–H groups in total. The number of nitrogens with zero attached hydrogens (tertiary/aromatic N) is 1. The summed E-state index contributed by atoms with van der Waals surface area (Å²) < 4.78 is 0. The van der Waals surface area contributed by atoms with Gasteiger partial charge in [0.1, 0.15) is 0 Å². The van der Waals surface area contributed by atoms with Gasteiger partial charge in [-0.3, -0.25) is 4.98 Å². The first-order valence-corrected chi connectivity index (χ1v) is 7.51. The fraction of sp³-hybridized carbons (Fsp3) is 0.154. The maximum Gasteiger partial charge on any atom is 0.0864 e. The Kier molecular flexibility index (Phi) is 3.53. The third kappa shape index (κ3) is 2.80. The van der Waals surface area contributed by atoms with Gasteiger partial charge in [0, 0.05) is 11.9 Å². The Labute approximate surface area is 97.5 Å². The molecule has 0 fully saturated rings. The van der Waals surface area contributed by atoms with Crippen LogP contribution >= 0.6 is 7.92 Å². The Morgan fingerprint density at radius 3 is 2.88 bits per heavy atom. The van der Waals surface area contributed by atoms with E-state index in [4.69, 9.17) is 0 Å². The van der Waals surface area contributed by atoms with Gasteiger partial charge in [0.15, 0.2) is 0 Å². The standard InChI is InChI=1S/C13H15N2P/c1-16(2)10-11-6-5-8-13(15-11)12-7-3-4-9-14-12/h3-10,15H,1-2H3. The molecular weight excluding hydrogens is 215 g/mol. The quantitative estimate of drug-likeness (QED) is 0.789. The summed E-state index contributed by atoms with van der Waals surface area (Å²) in [6.07, 6.45) is 8.01. The van der Waals surface area contributed by atoms with E-state index >= 15 is 0 Å². The van der Waals surface area contributed by atoms with Gasteiger partial charge in [-0.25, -0.2) is 0 Å². The van der Waals surface area contributed by atoms with Gasteiger partial charge < -0.3 is 5.32 Å². The molecule has 1 aromatic heterocycles. The van der Waals surface area contributed by atoms with Crippen molar-refractivity contribution < 1.29 is 0 Å². The van der Waals surface area contributed by atoms with Gasteiger partial charge in [0.05, 0.1) is 11.4 Å². The summed E-state index contributed by atoms with van der Waals surface area (Å²) in [5.41, 5.74) is 3.21. The number of allylic oxidation sites excluding steroid dienone is 3. The van der Waals surface area contributed by atoms with Crippen LogP contribution in [0.25, 0.3) is 5.70 Å². The lowest BCUT2D eigenvalue weighted by molar-refractivity contribution is 1.09. The number of nitrogens with one attached hydrogen (secondary N) is 1. The van der Waals surface area contributed by atoms with Gasteiger partial charge in [-0.05, 0) is 43.4 Å². The average Bonchev–Trinajstić information content (AvgIpc) is 2.30. The van der Waals surface area contributed by atoms with Crippen molar-refractivity contribution in [3.8, 4) is 0 Å². The zero-order chi connectivity index (χ0) is 11.4. The predicted molar refractivity (Wildman–Crippen MR) is 71.3 cm³/mol. The minimum atomic E-state index is -0.0347. The third-order valence-electron chi connectivity index (χ3n) is 2.16. The average molecular weight is 230 g/mol. The van der Waals surface area contributed by atoms with Gasteiger partial charge in [-0.15, -0.1) is 0 Å². The number of hydrogen-bond acceptors (Lipinski definition) is 2. The largest absolute Gasteiger partial charge is 0.354 e. The molecule has 0 spiro atoms. The molecule has 82 valence electrons. The molecule has 2 rings (SSSR count). The summed E-state index contributed by atoms with van der Waals surface area (Å²) in [6.45, 7) is 4.47. The van der Waals surface area contributed by atoms with Crippen molar-refractivity contribution >= 4 is 13.6 Å². The molecule has 1 aliphatic heterocycles. The first-order valence-electron chi connectivity index (χ1n) is 5.21. The highest BCUT2D eigenvalue weighted by Gasteiger charge is 2.06. The Morgan fingerprint density at radius 2 is 2.19 bits per heavy atom. The SMILES string of the molecule is CP(C)C=C1C=CC=C(c2ccccn2)N1. The Balaban J connectivity index is 2.21. The molecule has 0 saturated heterocycles. The maximum atomic E-state index is 4.33. The lowest BCUT2D eigenvalue weighted by atomic mass is 10.2. The second-order valence-electron chi connectivity index (χ2n) is 3.83. The van der Waals surface area contributed by atoms with E-state index in [1.54, 1.807) is 0 Å². The zero-order valence-electron chi connectivity index (χ0n) is 9.51. The minimum absolute atomic E-state index is 0.0347. The molecule has 0 unspecified atom stereocenters.